The lowest BCUT2D eigenvalue weighted by Gasteiger charge is -2.12. The van der Waals surface area contributed by atoms with E-state index >= 15 is 0 Å². The highest BCUT2D eigenvalue weighted by molar-refractivity contribution is 14.0. The van der Waals surface area contributed by atoms with Crippen molar-refractivity contribution in [2.24, 2.45) is 4.99 Å². The number of methoxy groups -OCH3 is 2. The third-order valence-electron chi connectivity index (χ3n) is 3.95. The molecule has 2 rings (SSSR count). The van der Waals surface area contributed by atoms with Gasteiger partial charge in [-0.05, 0) is 49.1 Å². The normalized spacial score (nSPS) is 10.7. The van der Waals surface area contributed by atoms with Crippen LogP contribution in [0.3, 0.4) is 0 Å². The molecule has 0 aliphatic carbocycles. The molecule has 7 heteroatoms. The van der Waals surface area contributed by atoms with Crippen LogP contribution in [-0.4, -0.2) is 38.3 Å². The Kier molecular flexibility index (Phi) is 10.5. The highest BCUT2D eigenvalue weighted by Gasteiger charge is 2.02. The molecule has 1 heterocycles. The smallest absolute Gasteiger partial charge is 0.213 e. The first-order valence-corrected chi connectivity index (χ1v) is 8.81. The number of nitrogens with zero attached hydrogens (tertiary/aromatic N) is 2. The second-order valence-electron chi connectivity index (χ2n) is 5.88. The van der Waals surface area contributed by atoms with Crippen LogP contribution in [0, 0.1) is 6.92 Å². The van der Waals surface area contributed by atoms with Crippen LogP contribution in [-0.2, 0) is 13.0 Å². The number of aliphatic imine (C=N–C) groups is 1. The molecule has 6 nitrogen and oxygen atoms in total. The SMILES string of the molecule is CCNC(=NCc1ccnc(OC)c1)NCCc1ccc(C)c(OC)c1.I. The second kappa shape index (κ2) is 12.4. The average Bonchev–Trinajstić information content (AvgIpc) is 2.67. The number of aryl methyl sites for hydroxylation is 1. The fourth-order valence-electron chi connectivity index (χ4n) is 2.52. The van der Waals surface area contributed by atoms with Crippen molar-refractivity contribution in [3.8, 4) is 11.6 Å². The van der Waals surface area contributed by atoms with Crippen molar-refractivity contribution in [1.82, 2.24) is 15.6 Å². The molecule has 2 aromatic rings. The quantitative estimate of drug-likeness (QED) is 0.342. The number of hydrogen-bond acceptors (Lipinski definition) is 4. The van der Waals surface area contributed by atoms with Crippen LogP contribution in [0.5, 0.6) is 11.6 Å². The zero-order chi connectivity index (χ0) is 18.8. The van der Waals surface area contributed by atoms with Gasteiger partial charge in [-0.1, -0.05) is 12.1 Å². The Bertz CT molecular complexity index is 738. The van der Waals surface area contributed by atoms with Crippen molar-refractivity contribution >= 4 is 29.9 Å². The van der Waals surface area contributed by atoms with Crippen LogP contribution < -0.4 is 20.1 Å². The molecule has 0 amide bonds. The molecular formula is C20H29IN4O2. The molecule has 0 aliphatic heterocycles. The molecule has 0 saturated carbocycles. The van der Waals surface area contributed by atoms with E-state index in [2.05, 4.69) is 45.7 Å². The van der Waals surface area contributed by atoms with Crippen molar-refractivity contribution in [3.05, 3.63) is 53.2 Å². The summed E-state index contributed by atoms with van der Waals surface area (Å²) in [6.45, 7) is 6.26. The van der Waals surface area contributed by atoms with E-state index in [9.17, 15) is 0 Å². The Morgan fingerprint density at radius 1 is 1.07 bits per heavy atom. The zero-order valence-corrected chi connectivity index (χ0v) is 18.7. The molecule has 0 bridgehead atoms. The van der Waals surface area contributed by atoms with E-state index in [4.69, 9.17) is 9.47 Å². The van der Waals surface area contributed by atoms with Crippen molar-refractivity contribution in [2.45, 2.75) is 26.8 Å². The van der Waals surface area contributed by atoms with Gasteiger partial charge < -0.3 is 20.1 Å². The van der Waals surface area contributed by atoms with Gasteiger partial charge in [-0.25, -0.2) is 9.98 Å². The van der Waals surface area contributed by atoms with Crippen LogP contribution in [0.25, 0.3) is 0 Å². The fourth-order valence-corrected chi connectivity index (χ4v) is 2.52. The van der Waals surface area contributed by atoms with Crippen LogP contribution in [0.2, 0.25) is 0 Å². The molecule has 0 atom stereocenters. The number of aromatic nitrogens is 1. The lowest BCUT2D eigenvalue weighted by Crippen LogP contribution is -2.38. The van der Waals surface area contributed by atoms with Gasteiger partial charge in [0.05, 0.1) is 20.8 Å². The Labute approximate surface area is 178 Å². The van der Waals surface area contributed by atoms with Crippen LogP contribution in [0.15, 0.2) is 41.5 Å². The maximum atomic E-state index is 5.39. The highest BCUT2D eigenvalue weighted by atomic mass is 127. The van der Waals surface area contributed by atoms with Gasteiger partial charge >= 0.3 is 0 Å². The van der Waals surface area contributed by atoms with E-state index in [1.165, 1.54) is 5.56 Å². The van der Waals surface area contributed by atoms with Gasteiger partial charge in [-0.15, -0.1) is 24.0 Å². The standard InChI is InChI=1S/C20H28N4O2.HI/c1-5-21-20(24-14-17-9-10-22-19(13-17)26-4)23-11-8-16-7-6-15(2)18(12-16)25-3;/h6-7,9-10,12-13H,5,8,11,14H2,1-4H3,(H2,21,23,24);1H. The number of nitrogens with one attached hydrogen (secondary N) is 2. The number of benzene rings is 1. The predicted molar refractivity (Wildman–Crippen MR) is 120 cm³/mol. The summed E-state index contributed by atoms with van der Waals surface area (Å²) in [4.78, 5) is 8.74. The molecule has 1 aromatic heterocycles. The van der Waals surface area contributed by atoms with E-state index in [0.717, 1.165) is 42.3 Å². The number of pyridine rings is 1. The first kappa shape index (κ1) is 23.0. The molecule has 2 N–H and O–H groups in total. The number of guanidine groups is 1. The van der Waals surface area contributed by atoms with E-state index in [1.807, 2.05) is 19.1 Å². The minimum Gasteiger partial charge on any atom is -0.496 e. The third-order valence-corrected chi connectivity index (χ3v) is 3.95. The van der Waals surface area contributed by atoms with Gasteiger partial charge in [0, 0.05) is 25.4 Å². The number of hydrogen-bond donors (Lipinski definition) is 2. The van der Waals surface area contributed by atoms with E-state index in [1.54, 1.807) is 20.4 Å². The predicted octanol–water partition coefficient (Wildman–Crippen LogP) is 3.32. The number of ether oxygens (including phenoxy) is 2. The summed E-state index contributed by atoms with van der Waals surface area (Å²) >= 11 is 0. The minimum atomic E-state index is 0. The molecular weight excluding hydrogens is 455 g/mol. The minimum absolute atomic E-state index is 0. The van der Waals surface area contributed by atoms with Gasteiger partial charge in [0.1, 0.15) is 5.75 Å². The third kappa shape index (κ3) is 7.62. The van der Waals surface area contributed by atoms with Gasteiger partial charge in [0.25, 0.3) is 0 Å². The number of rotatable bonds is 8. The van der Waals surface area contributed by atoms with Crippen molar-refractivity contribution < 1.29 is 9.47 Å². The first-order valence-electron chi connectivity index (χ1n) is 8.81. The van der Waals surface area contributed by atoms with Crippen molar-refractivity contribution in [1.29, 1.82) is 0 Å². The van der Waals surface area contributed by atoms with Crippen molar-refractivity contribution in [3.63, 3.8) is 0 Å². The van der Waals surface area contributed by atoms with E-state index in [-0.39, 0.29) is 24.0 Å². The summed E-state index contributed by atoms with van der Waals surface area (Å²) in [7, 11) is 3.31. The maximum Gasteiger partial charge on any atom is 0.213 e. The van der Waals surface area contributed by atoms with Gasteiger partial charge in [0.2, 0.25) is 5.88 Å². The molecule has 0 spiro atoms. The average molecular weight is 484 g/mol. The Morgan fingerprint density at radius 2 is 1.89 bits per heavy atom. The van der Waals surface area contributed by atoms with Crippen LogP contribution in [0.1, 0.15) is 23.6 Å². The van der Waals surface area contributed by atoms with Crippen LogP contribution >= 0.6 is 24.0 Å². The first-order chi connectivity index (χ1) is 12.7. The van der Waals surface area contributed by atoms with Crippen molar-refractivity contribution in [2.75, 3.05) is 27.3 Å². The van der Waals surface area contributed by atoms with E-state index < -0.39 is 0 Å². The molecule has 27 heavy (non-hydrogen) atoms. The van der Waals surface area contributed by atoms with Gasteiger partial charge in [-0.3, -0.25) is 0 Å². The summed E-state index contributed by atoms with van der Waals surface area (Å²) in [5.74, 6) is 2.32. The Balaban J connectivity index is 0.00000364. The second-order valence-corrected chi connectivity index (χ2v) is 5.88. The summed E-state index contributed by atoms with van der Waals surface area (Å²) < 4.78 is 10.5. The zero-order valence-electron chi connectivity index (χ0n) is 16.4. The maximum absolute atomic E-state index is 5.39. The summed E-state index contributed by atoms with van der Waals surface area (Å²) in [6.07, 6.45) is 2.62. The van der Waals surface area contributed by atoms with Crippen LogP contribution in [0.4, 0.5) is 0 Å². The Morgan fingerprint density at radius 3 is 2.59 bits per heavy atom. The topological polar surface area (TPSA) is 67.8 Å². The molecule has 0 fully saturated rings. The monoisotopic (exact) mass is 484 g/mol. The largest absolute Gasteiger partial charge is 0.496 e. The molecule has 148 valence electrons. The highest BCUT2D eigenvalue weighted by Crippen LogP contribution is 2.19. The number of halogens is 1. The lowest BCUT2D eigenvalue weighted by atomic mass is 10.1. The fraction of sp³-hybridized carbons (Fsp3) is 0.400. The Hall–Kier alpha value is -2.03. The molecule has 0 unspecified atom stereocenters. The summed E-state index contributed by atoms with van der Waals surface area (Å²) in [5.41, 5.74) is 3.43. The molecule has 0 aliphatic rings. The summed E-state index contributed by atoms with van der Waals surface area (Å²) in [6, 6.07) is 10.1. The lowest BCUT2D eigenvalue weighted by molar-refractivity contribution is 0.397. The summed E-state index contributed by atoms with van der Waals surface area (Å²) in [5, 5.41) is 6.64. The molecule has 0 radical (unpaired) electrons. The van der Waals surface area contributed by atoms with Gasteiger partial charge in [0.15, 0.2) is 5.96 Å². The van der Waals surface area contributed by atoms with E-state index in [0.29, 0.717) is 12.4 Å². The molecule has 0 saturated heterocycles. The molecule has 1 aromatic carbocycles. The van der Waals surface area contributed by atoms with Gasteiger partial charge in [-0.2, -0.15) is 0 Å².